The molecule has 0 amide bonds. The first-order valence-electron chi connectivity index (χ1n) is 4.18. The van der Waals surface area contributed by atoms with Gasteiger partial charge in [-0.1, -0.05) is 18.0 Å². The molecule has 1 nitrogen and oxygen atoms in total. The Morgan fingerprint density at radius 2 is 2.08 bits per heavy atom. The monoisotopic (exact) mass is 204 g/mol. The van der Waals surface area contributed by atoms with E-state index >= 15 is 0 Å². The summed E-state index contributed by atoms with van der Waals surface area (Å²) in [7, 11) is 0. The Morgan fingerprint density at radius 3 is 2.67 bits per heavy atom. The lowest BCUT2D eigenvalue weighted by molar-refractivity contribution is 0.283. The molecule has 0 fully saturated rings. The lowest BCUT2D eigenvalue weighted by Gasteiger charge is -1.95. The van der Waals surface area contributed by atoms with E-state index in [9.17, 15) is 0 Å². The highest BCUT2D eigenvalue weighted by molar-refractivity contribution is 7.16. The minimum absolute atomic E-state index is 0.311. The molecular weight excluding hydrogens is 192 g/mol. The van der Waals surface area contributed by atoms with Gasteiger partial charge in [0.25, 0.3) is 0 Å². The fourth-order valence-corrected chi connectivity index (χ4v) is 2.20. The number of aryl methyl sites for hydroxylation is 1. The molecule has 0 bridgehead atoms. The van der Waals surface area contributed by atoms with E-state index in [1.165, 1.54) is 4.88 Å². The van der Waals surface area contributed by atoms with Crippen molar-refractivity contribution in [3.8, 4) is 0 Å². The minimum atomic E-state index is 0.311. The van der Waals surface area contributed by atoms with E-state index in [1.54, 1.807) is 11.3 Å². The molecule has 0 aliphatic rings. The number of hydrogen-bond donors (Lipinski definition) is 1. The largest absolute Gasteiger partial charge is 0.396 e. The third-order valence-electron chi connectivity index (χ3n) is 1.71. The average Bonchev–Trinajstić information content (AvgIpc) is 2.45. The van der Waals surface area contributed by atoms with Crippen LogP contribution < -0.4 is 0 Å². The lowest BCUT2D eigenvalue weighted by Crippen LogP contribution is -1.85. The Labute approximate surface area is 82.0 Å². The first kappa shape index (κ1) is 10.0. The average molecular weight is 205 g/mol. The molecule has 0 radical (unpaired) electrons. The van der Waals surface area contributed by atoms with Gasteiger partial charge in [0, 0.05) is 11.5 Å². The van der Waals surface area contributed by atoms with Crippen molar-refractivity contribution in [1.82, 2.24) is 0 Å². The van der Waals surface area contributed by atoms with Gasteiger partial charge < -0.3 is 5.11 Å². The third kappa shape index (κ3) is 3.57. The van der Waals surface area contributed by atoms with Crippen molar-refractivity contribution in [2.45, 2.75) is 25.7 Å². The summed E-state index contributed by atoms with van der Waals surface area (Å²) in [6.45, 7) is 0.311. The van der Waals surface area contributed by atoms with Crippen molar-refractivity contribution in [3.63, 3.8) is 0 Å². The zero-order valence-electron chi connectivity index (χ0n) is 6.92. The summed E-state index contributed by atoms with van der Waals surface area (Å²) < 4.78 is 0.868. The third-order valence-corrected chi connectivity index (χ3v) is 3.00. The van der Waals surface area contributed by atoms with Crippen LogP contribution in [0.2, 0.25) is 4.34 Å². The number of rotatable bonds is 5. The van der Waals surface area contributed by atoms with Crippen LogP contribution in [0.15, 0.2) is 12.1 Å². The Hall–Kier alpha value is -0.0500. The van der Waals surface area contributed by atoms with E-state index in [0.717, 1.165) is 30.0 Å². The molecule has 1 rings (SSSR count). The van der Waals surface area contributed by atoms with Crippen molar-refractivity contribution in [2.75, 3.05) is 6.61 Å². The van der Waals surface area contributed by atoms with Gasteiger partial charge in [-0.3, -0.25) is 0 Å². The molecule has 0 spiro atoms. The maximum atomic E-state index is 8.55. The van der Waals surface area contributed by atoms with Gasteiger partial charge in [0.1, 0.15) is 0 Å². The number of aliphatic hydroxyl groups is 1. The summed E-state index contributed by atoms with van der Waals surface area (Å²) in [5.41, 5.74) is 0. The molecule has 3 heteroatoms. The number of aliphatic hydroxyl groups excluding tert-OH is 1. The number of thiophene rings is 1. The lowest BCUT2D eigenvalue weighted by atomic mass is 10.2. The quantitative estimate of drug-likeness (QED) is 0.731. The SMILES string of the molecule is OCCCCCc1ccc(Cl)s1. The summed E-state index contributed by atoms with van der Waals surface area (Å²) in [6.07, 6.45) is 4.26. The smallest absolute Gasteiger partial charge is 0.0931 e. The van der Waals surface area contributed by atoms with E-state index in [-0.39, 0.29) is 0 Å². The molecule has 0 aliphatic carbocycles. The summed E-state index contributed by atoms with van der Waals surface area (Å²) in [6, 6.07) is 4.01. The molecule has 68 valence electrons. The van der Waals surface area contributed by atoms with Gasteiger partial charge >= 0.3 is 0 Å². The van der Waals surface area contributed by atoms with E-state index in [1.807, 2.05) is 6.07 Å². The first-order valence-corrected chi connectivity index (χ1v) is 5.37. The van der Waals surface area contributed by atoms with Crippen molar-refractivity contribution in [1.29, 1.82) is 0 Å². The molecule has 0 unspecified atom stereocenters. The second-order valence-corrected chi connectivity index (χ2v) is 4.54. The van der Waals surface area contributed by atoms with Gasteiger partial charge in [0.15, 0.2) is 0 Å². The Balaban J connectivity index is 2.15. The van der Waals surface area contributed by atoms with E-state index in [2.05, 4.69) is 6.07 Å². The number of halogens is 1. The normalized spacial score (nSPS) is 10.5. The molecule has 1 aromatic rings. The van der Waals surface area contributed by atoms with E-state index in [4.69, 9.17) is 16.7 Å². The highest BCUT2D eigenvalue weighted by Crippen LogP contribution is 2.22. The van der Waals surface area contributed by atoms with Gasteiger partial charge in [-0.05, 0) is 31.4 Å². The van der Waals surface area contributed by atoms with Crippen LogP contribution in [0.4, 0.5) is 0 Å². The van der Waals surface area contributed by atoms with Crippen molar-refractivity contribution in [2.24, 2.45) is 0 Å². The summed E-state index contributed by atoms with van der Waals surface area (Å²) in [5.74, 6) is 0. The standard InChI is InChI=1S/C9H13ClOS/c10-9-6-5-8(12-9)4-2-1-3-7-11/h5-6,11H,1-4,7H2. The zero-order valence-corrected chi connectivity index (χ0v) is 8.50. The molecular formula is C9H13ClOS. The molecule has 0 saturated heterocycles. The van der Waals surface area contributed by atoms with Gasteiger partial charge in [-0.2, -0.15) is 0 Å². The predicted molar refractivity (Wildman–Crippen MR) is 54.0 cm³/mol. The molecule has 12 heavy (non-hydrogen) atoms. The molecule has 1 heterocycles. The van der Waals surface area contributed by atoms with E-state index < -0.39 is 0 Å². The molecule has 1 N–H and O–H groups in total. The van der Waals surface area contributed by atoms with Crippen LogP contribution in [-0.4, -0.2) is 11.7 Å². The zero-order chi connectivity index (χ0) is 8.81. The van der Waals surface area contributed by atoms with Crippen molar-refractivity contribution in [3.05, 3.63) is 21.3 Å². The van der Waals surface area contributed by atoms with Crippen molar-refractivity contribution >= 4 is 22.9 Å². The number of unbranched alkanes of at least 4 members (excludes halogenated alkanes) is 2. The Kier molecular flexibility index (Phi) is 4.66. The molecule has 1 aromatic heterocycles. The fraction of sp³-hybridized carbons (Fsp3) is 0.556. The summed E-state index contributed by atoms with van der Waals surface area (Å²) in [5, 5.41) is 8.55. The number of hydrogen-bond acceptors (Lipinski definition) is 2. The maximum absolute atomic E-state index is 8.55. The van der Waals surface area contributed by atoms with Crippen LogP contribution in [0, 0.1) is 0 Å². The van der Waals surface area contributed by atoms with Crippen LogP contribution in [0.3, 0.4) is 0 Å². The Bertz CT molecular complexity index is 222. The summed E-state index contributed by atoms with van der Waals surface area (Å²) in [4.78, 5) is 1.35. The topological polar surface area (TPSA) is 20.2 Å². The second kappa shape index (κ2) is 5.57. The van der Waals surface area contributed by atoms with Crippen molar-refractivity contribution < 1.29 is 5.11 Å². The first-order chi connectivity index (χ1) is 5.83. The highest BCUT2D eigenvalue weighted by atomic mass is 35.5. The molecule has 0 aromatic carbocycles. The second-order valence-electron chi connectivity index (χ2n) is 2.74. The van der Waals surface area contributed by atoms with E-state index in [0.29, 0.717) is 6.61 Å². The summed E-state index contributed by atoms with van der Waals surface area (Å²) >= 11 is 7.43. The molecule has 0 aliphatic heterocycles. The Morgan fingerprint density at radius 1 is 1.25 bits per heavy atom. The predicted octanol–water partition coefficient (Wildman–Crippen LogP) is 3.11. The van der Waals surface area contributed by atoms with Gasteiger partial charge in [0.2, 0.25) is 0 Å². The fourth-order valence-electron chi connectivity index (χ4n) is 1.07. The van der Waals surface area contributed by atoms with Gasteiger partial charge in [0.05, 0.1) is 4.34 Å². The molecule has 0 saturated carbocycles. The van der Waals surface area contributed by atoms with Crippen LogP contribution >= 0.6 is 22.9 Å². The van der Waals surface area contributed by atoms with Crippen LogP contribution in [0.5, 0.6) is 0 Å². The van der Waals surface area contributed by atoms with Crippen LogP contribution in [0.1, 0.15) is 24.1 Å². The van der Waals surface area contributed by atoms with Gasteiger partial charge in [-0.25, -0.2) is 0 Å². The van der Waals surface area contributed by atoms with Gasteiger partial charge in [-0.15, -0.1) is 11.3 Å². The molecule has 0 atom stereocenters. The van der Waals surface area contributed by atoms with Crippen LogP contribution in [-0.2, 0) is 6.42 Å². The highest BCUT2D eigenvalue weighted by Gasteiger charge is 1.96. The maximum Gasteiger partial charge on any atom is 0.0931 e. The minimum Gasteiger partial charge on any atom is -0.396 e. The van der Waals surface area contributed by atoms with Crippen LogP contribution in [0.25, 0.3) is 0 Å².